The van der Waals surface area contributed by atoms with Crippen molar-refractivity contribution in [1.82, 2.24) is 29.4 Å². The van der Waals surface area contributed by atoms with Crippen molar-refractivity contribution in [2.24, 2.45) is 0 Å². The number of alkyl halides is 12. The number of Topliss-reactive ketones (excluding diaryl/α,β-unsaturated/α-hetero) is 1. The zero-order valence-corrected chi connectivity index (χ0v) is 34.0. The Kier molecular flexibility index (Phi) is 13.5. The molecule has 2 unspecified atom stereocenters. The zero-order chi connectivity index (χ0) is 45.5. The Morgan fingerprint density at radius 3 is 1.23 bits per heavy atom. The minimum atomic E-state index is -4.98. The number of hydrogen-bond acceptors (Lipinski definition) is 9. The van der Waals surface area contributed by atoms with E-state index in [0.29, 0.717) is 11.4 Å². The van der Waals surface area contributed by atoms with E-state index in [-0.39, 0.29) is 63.7 Å². The topological polar surface area (TPSA) is 84.1 Å². The third-order valence-corrected chi connectivity index (χ3v) is 11.4. The average molecular weight is 940 g/mol. The number of carbonyl (C=O) groups excluding carboxylic acids is 1. The summed E-state index contributed by atoms with van der Waals surface area (Å²) in [4.78, 5) is 21.8. The lowest BCUT2D eigenvalue weighted by Gasteiger charge is -2.43. The maximum Gasteiger partial charge on any atom is 0.573 e. The van der Waals surface area contributed by atoms with Gasteiger partial charge in [-0.15, -0.1) is 26.3 Å². The molecule has 0 radical (unpaired) electrons. The predicted octanol–water partition coefficient (Wildman–Crippen LogP) is 8.49. The monoisotopic (exact) mass is 938 g/mol. The van der Waals surface area contributed by atoms with Crippen LogP contribution in [0.15, 0.2) is 48.5 Å². The molecule has 11 nitrogen and oxygen atoms in total. The van der Waals surface area contributed by atoms with Gasteiger partial charge < -0.3 is 19.3 Å². The fourth-order valence-electron chi connectivity index (χ4n) is 7.43. The zero-order valence-electron chi connectivity index (χ0n) is 32.4. The van der Waals surface area contributed by atoms with Gasteiger partial charge in [-0.2, -0.15) is 36.5 Å². The number of halogens is 14. The summed E-state index contributed by atoms with van der Waals surface area (Å²) in [6.45, 7) is 2.05. The second-order valence-corrected chi connectivity index (χ2v) is 15.2. The lowest BCUT2D eigenvalue weighted by Crippen LogP contribution is -2.61. The molecule has 0 aliphatic carbocycles. The molecule has 340 valence electrons. The van der Waals surface area contributed by atoms with E-state index in [1.54, 1.807) is 19.6 Å². The SMILES string of the molecule is Cc1c(Cl)c(C(F)(F)F)nn1CC(C(=O)C(Cn1nc(C(F)(F)F)c(Cl)c1C)N1CCN(c2cccc(OC(F)(F)F)c2)CC1)N1CCN(c2cccc(OC(F)(F)F)c2)CC1. The third kappa shape index (κ3) is 11.1. The summed E-state index contributed by atoms with van der Waals surface area (Å²) in [5.41, 5.74) is -2.40. The number of piperazine rings is 2. The lowest BCUT2D eigenvalue weighted by atomic mass is 9.99. The van der Waals surface area contributed by atoms with Crippen LogP contribution < -0.4 is 19.3 Å². The molecule has 62 heavy (non-hydrogen) atoms. The van der Waals surface area contributed by atoms with Crippen molar-refractivity contribution in [3.63, 3.8) is 0 Å². The van der Waals surface area contributed by atoms with Crippen molar-refractivity contribution in [3.8, 4) is 11.5 Å². The van der Waals surface area contributed by atoms with Gasteiger partial charge in [-0.1, -0.05) is 35.3 Å². The first-order valence-electron chi connectivity index (χ1n) is 18.6. The van der Waals surface area contributed by atoms with E-state index < -0.39 is 89.0 Å². The van der Waals surface area contributed by atoms with Crippen LogP contribution in [-0.4, -0.2) is 112 Å². The van der Waals surface area contributed by atoms with Gasteiger partial charge in [-0.05, 0) is 38.1 Å². The van der Waals surface area contributed by atoms with Crippen LogP contribution in [0.4, 0.5) is 64.1 Å². The summed E-state index contributed by atoms with van der Waals surface area (Å²) in [6, 6.07) is 7.70. The first-order chi connectivity index (χ1) is 28.8. The van der Waals surface area contributed by atoms with E-state index in [9.17, 15) is 52.7 Å². The Morgan fingerprint density at radius 1 is 0.597 bits per heavy atom. The Balaban J connectivity index is 1.33. The highest BCUT2D eigenvalue weighted by Gasteiger charge is 2.43. The summed E-state index contributed by atoms with van der Waals surface area (Å²) in [7, 11) is 0. The summed E-state index contributed by atoms with van der Waals surface area (Å²) < 4.78 is 171. The number of hydrogen-bond donors (Lipinski definition) is 0. The molecule has 2 aliphatic rings. The van der Waals surface area contributed by atoms with E-state index in [4.69, 9.17) is 23.2 Å². The molecule has 0 N–H and O–H groups in total. The van der Waals surface area contributed by atoms with Gasteiger partial charge >= 0.3 is 25.1 Å². The van der Waals surface area contributed by atoms with Crippen molar-refractivity contribution in [2.75, 3.05) is 62.2 Å². The van der Waals surface area contributed by atoms with Crippen molar-refractivity contribution in [1.29, 1.82) is 0 Å². The Labute approximate surface area is 355 Å². The van der Waals surface area contributed by atoms with Gasteiger partial charge in [0.2, 0.25) is 0 Å². The van der Waals surface area contributed by atoms with E-state index in [1.807, 2.05) is 0 Å². The smallest absolute Gasteiger partial charge is 0.406 e. The number of carbonyl (C=O) groups is 1. The molecule has 2 fully saturated rings. The van der Waals surface area contributed by atoms with Gasteiger partial charge in [0.05, 0.1) is 46.6 Å². The Hall–Kier alpha value is -4.61. The maximum atomic E-state index is 15.2. The van der Waals surface area contributed by atoms with Gasteiger partial charge in [0, 0.05) is 75.9 Å². The van der Waals surface area contributed by atoms with E-state index in [0.717, 1.165) is 21.5 Å². The van der Waals surface area contributed by atoms with Crippen LogP contribution in [0.2, 0.25) is 10.0 Å². The minimum Gasteiger partial charge on any atom is -0.406 e. The molecular formula is C37H36Cl2F12N8O3. The standard InChI is InChI=1S/C37H36Cl2F12N8O3/c1-21-29(38)32(34(40,41)42)52-58(21)19-27(56-13-9-54(10-14-56)23-5-3-7-25(17-23)61-36(46,47)48)31(60)28(20-59-22(2)30(39)33(53-59)35(43,44)45)57-15-11-55(12-16-57)24-6-4-8-26(18-24)62-37(49,50)51/h3-8,17-18,27-28H,9-16,19-20H2,1-2H3. The first kappa shape index (κ1) is 46.9. The molecule has 2 aromatic carbocycles. The van der Waals surface area contributed by atoms with Crippen LogP contribution in [0.5, 0.6) is 11.5 Å². The van der Waals surface area contributed by atoms with Crippen molar-refractivity contribution < 1.29 is 67.0 Å². The van der Waals surface area contributed by atoms with E-state index in [2.05, 4.69) is 19.7 Å². The van der Waals surface area contributed by atoms with Gasteiger partial charge in [0.1, 0.15) is 11.5 Å². The van der Waals surface area contributed by atoms with Crippen molar-refractivity contribution in [3.05, 3.63) is 81.4 Å². The highest BCUT2D eigenvalue weighted by molar-refractivity contribution is 6.32. The molecule has 2 saturated heterocycles. The van der Waals surface area contributed by atoms with Gasteiger partial charge in [-0.3, -0.25) is 24.0 Å². The van der Waals surface area contributed by atoms with Crippen molar-refractivity contribution in [2.45, 2.75) is 64.1 Å². The minimum absolute atomic E-state index is 0.0304. The molecule has 0 bridgehead atoms. The normalized spacial score (nSPS) is 17.4. The fraction of sp³-hybridized carbons (Fsp3) is 0.486. The summed E-state index contributed by atoms with van der Waals surface area (Å²) >= 11 is 12.1. The van der Waals surface area contributed by atoms with Gasteiger partial charge in [0.25, 0.3) is 0 Å². The number of ketones is 1. The van der Waals surface area contributed by atoms with E-state index in [1.165, 1.54) is 50.2 Å². The molecule has 6 rings (SSSR count). The maximum absolute atomic E-state index is 15.2. The van der Waals surface area contributed by atoms with Crippen LogP contribution in [0.1, 0.15) is 22.8 Å². The average Bonchev–Trinajstić information content (AvgIpc) is 3.64. The van der Waals surface area contributed by atoms with Crippen LogP contribution in [-0.2, 0) is 30.2 Å². The number of anilines is 2. The highest BCUT2D eigenvalue weighted by Crippen LogP contribution is 2.38. The van der Waals surface area contributed by atoms with Crippen LogP contribution in [0.25, 0.3) is 0 Å². The molecule has 2 aliphatic heterocycles. The molecule has 0 spiro atoms. The number of rotatable bonds is 12. The summed E-state index contributed by atoms with van der Waals surface area (Å²) in [6.07, 6.45) is -19.9. The molecular weight excluding hydrogens is 903 g/mol. The quantitative estimate of drug-likeness (QED) is 0.130. The molecule has 0 saturated carbocycles. The third-order valence-electron chi connectivity index (χ3n) is 10.5. The van der Waals surface area contributed by atoms with E-state index >= 15 is 4.79 Å². The Morgan fingerprint density at radius 2 is 0.935 bits per heavy atom. The second kappa shape index (κ2) is 17.9. The summed E-state index contributed by atoms with van der Waals surface area (Å²) in [5, 5.41) is 5.95. The molecule has 4 aromatic rings. The fourth-order valence-corrected chi connectivity index (χ4v) is 7.91. The molecule has 0 amide bonds. The number of ether oxygens (including phenoxy) is 2. The van der Waals surface area contributed by atoms with Crippen LogP contribution >= 0.6 is 23.2 Å². The molecule has 2 aromatic heterocycles. The highest BCUT2D eigenvalue weighted by atomic mass is 35.5. The molecule has 4 heterocycles. The second-order valence-electron chi connectivity index (χ2n) is 14.4. The Bertz CT molecular complexity index is 2060. The van der Waals surface area contributed by atoms with Crippen LogP contribution in [0.3, 0.4) is 0 Å². The number of benzene rings is 2. The lowest BCUT2D eigenvalue weighted by molar-refractivity contribution is -0.275. The largest absolute Gasteiger partial charge is 0.573 e. The first-order valence-corrected chi connectivity index (χ1v) is 19.4. The van der Waals surface area contributed by atoms with Crippen LogP contribution in [0, 0.1) is 13.8 Å². The molecule has 2 atom stereocenters. The van der Waals surface area contributed by atoms with Gasteiger partial charge in [-0.25, -0.2) is 0 Å². The number of aromatic nitrogens is 4. The summed E-state index contributed by atoms with van der Waals surface area (Å²) in [5.74, 6) is -1.62. The van der Waals surface area contributed by atoms with Gasteiger partial charge in [0.15, 0.2) is 17.2 Å². The van der Waals surface area contributed by atoms with Crippen molar-refractivity contribution >= 4 is 40.4 Å². The number of nitrogens with zero attached hydrogens (tertiary/aromatic N) is 8. The predicted molar refractivity (Wildman–Crippen MR) is 200 cm³/mol. The molecule has 25 heteroatoms.